The Bertz CT molecular complexity index is 607. The van der Waals surface area contributed by atoms with Crippen LogP contribution < -0.4 is 5.69 Å². The fourth-order valence-electron chi connectivity index (χ4n) is 1.85. The van der Waals surface area contributed by atoms with E-state index in [2.05, 4.69) is 40.7 Å². The summed E-state index contributed by atoms with van der Waals surface area (Å²) < 4.78 is 6.68. The van der Waals surface area contributed by atoms with Gasteiger partial charge in [-0.1, -0.05) is 23.9 Å². The molecule has 7 heteroatoms. The number of hydrogen-bond donors (Lipinski definition) is 1. The minimum Gasteiger partial charge on any atom is -0.385 e. The maximum absolute atomic E-state index is 11.7. The van der Waals surface area contributed by atoms with E-state index in [-0.39, 0.29) is 5.69 Å². The van der Waals surface area contributed by atoms with Gasteiger partial charge < -0.3 is 4.74 Å². The zero-order valence-corrected chi connectivity index (χ0v) is 13.8. The first-order valence-corrected chi connectivity index (χ1v) is 8.85. The van der Waals surface area contributed by atoms with Crippen LogP contribution in [0.15, 0.2) is 39.1 Å². The zero-order chi connectivity index (χ0) is 15.1. The van der Waals surface area contributed by atoms with E-state index in [9.17, 15) is 4.79 Å². The van der Waals surface area contributed by atoms with Gasteiger partial charge in [-0.25, -0.2) is 9.89 Å². The average Bonchev–Trinajstić information content (AvgIpc) is 2.87. The smallest absolute Gasteiger partial charge is 0.343 e. The number of methoxy groups -OCH3 is 1. The third kappa shape index (κ3) is 4.66. The molecule has 114 valence electrons. The number of hydrogen-bond acceptors (Lipinski definition) is 5. The Morgan fingerprint density at radius 3 is 2.76 bits per heavy atom. The van der Waals surface area contributed by atoms with Crippen LogP contribution in [0, 0.1) is 0 Å². The highest BCUT2D eigenvalue weighted by Gasteiger charge is 2.08. The maximum Gasteiger partial charge on any atom is 0.343 e. The van der Waals surface area contributed by atoms with E-state index < -0.39 is 0 Å². The third-order valence-electron chi connectivity index (χ3n) is 2.98. The van der Waals surface area contributed by atoms with Gasteiger partial charge >= 0.3 is 5.69 Å². The average molecular weight is 325 g/mol. The van der Waals surface area contributed by atoms with Crippen LogP contribution in [-0.4, -0.2) is 34.7 Å². The van der Waals surface area contributed by atoms with Crippen LogP contribution in [0.5, 0.6) is 0 Å². The summed E-state index contributed by atoms with van der Waals surface area (Å²) in [5, 5.41) is 7.32. The van der Waals surface area contributed by atoms with Crippen LogP contribution in [-0.2, 0) is 17.0 Å². The van der Waals surface area contributed by atoms with E-state index >= 15 is 0 Å². The Morgan fingerprint density at radius 1 is 1.33 bits per heavy atom. The van der Waals surface area contributed by atoms with Gasteiger partial charge in [0.15, 0.2) is 5.16 Å². The number of thioether (sulfide) groups is 2. The lowest BCUT2D eigenvalue weighted by Gasteiger charge is -2.05. The monoisotopic (exact) mass is 325 g/mol. The molecule has 0 unspecified atom stereocenters. The number of H-pyrrole nitrogens is 1. The second-order valence-corrected chi connectivity index (χ2v) is 6.27. The standard InChI is InChI=1S/C14H19N3O2S2/c1-19-9-3-8-17-13(18)15-16-14(17)21-10-11-4-6-12(20-2)7-5-11/h4-7H,3,8-10H2,1-2H3,(H,15,18). The molecule has 0 amide bonds. The summed E-state index contributed by atoms with van der Waals surface area (Å²) in [6.07, 6.45) is 2.86. The Balaban J connectivity index is 1.97. The molecule has 0 radical (unpaired) electrons. The molecule has 0 aliphatic rings. The van der Waals surface area contributed by atoms with Gasteiger partial charge in [-0.15, -0.1) is 16.9 Å². The van der Waals surface area contributed by atoms with Gasteiger partial charge in [0.05, 0.1) is 0 Å². The SMILES string of the molecule is COCCCn1c(SCc2ccc(SC)cc2)n[nH]c1=O. The maximum atomic E-state index is 11.7. The van der Waals surface area contributed by atoms with Crippen LogP contribution in [0.4, 0.5) is 0 Å². The molecule has 0 fully saturated rings. The topological polar surface area (TPSA) is 59.9 Å². The van der Waals surface area contributed by atoms with Crippen LogP contribution >= 0.6 is 23.5 Å². The first kappa shape index (κ1) is 16.2. The van der Waals surface area contributed by atoms with Crippen LogP contribution in [0.2, 0.25) is 0 Å². The van der Waals surface area contributed by atoms with E-state index in [1.165, 1.54) is 10.5 Å². The zero-order valence-electron chi connectivity index (χ0n) is 12.2. The van der Waals surface area contributed by atoms with Gasteiger partial charge in [0.1, 0.15) is 0 Å². The molecular formula is C14H19N3O2S2. The molecular weight excluding hydrogens is 306 g/mol. The van der Waals surface area contributed by atoms with E-state index in [1.807, 2.05) is 0 Å². The van der Waals surface area contributed by atoms with Crippen LogP contribution in [0.1, 0.15) is 12.0 Å². The van der Waals surface area contributed by atoms with Crippen molar-refractivity contribution in [3.8, 4) is 0 Å². The minimum atomic E-state index is -0.161. The molecule has 0 aliphatic carbocycles. The van der Waals surface area contributed by atoms with Crippen molar-refractivity contribution in [2.24, 2.45) is 0 Å². The third-order valence-corrected chi connectivity index (χ3v) is 4.77. The van der Waals surface area contributed by atoms with Crippen molar-refractivity contribution in [2.75, 3.05) is 20.0 Å². The summed E-state index contributed by atoms with van der Waals surface area (Å²) in [6, 6.07) is 8.44. The van der Waals surface area contributed by atoms with Crippen molar-refractivity contribution < 1.29 is 4.74 Å². The van der Waals surface area contributed by atoms with Crippen LogP contribution in [0.3, 0.4) is 0 Å². The number of nitrogens with zero attached hydrogens (tertiary/aromatic N) is 2. The summed E-state index contributed by atoms with van der Waals surface area (Å²) in [7, 11) is 1.66. The molecule has 2 aromatic rings. The molecule has 0 saturated heterocycles. The second-order valence-electron chi connectivity index (χ2n) is 4.45. The number of benzene rings is 1. The van der Waals surface area contributed by atoms with Crippen molar-refractivity contribution in [3.05, 3.63) is 40.3 Å². The summed E-state index contributed by atoms with van der Waals surface area (Å²) >= 11 is 3.29. The highest BCUT2D eigenvalue weighted by Crippen LogP contribution is 2.22. The largest absolute Gasteiger partial charge is 0.385 e. The summed E-state index contributed by atoms with van der Waals surface area (Å²) in [6.45, 7) is 1.26. The predicted octanol–water partition coefficient (Wildman–Crippen LogP) is 2.62. The van der Waals surface area contributed by atoms with E-state index in [4.69, 9.17) is 4.74 Å². The molecule has 2 rings (SSSR count). The summed E-state index contributed by atoms with van der Waals surface area (Å²) in [5.41, 5.74) is 1.06. The van der Waals surface area contributed by atoms with E-state index in [0.29, 0.717) is 13.2 Å². The van der Waals surface area contributed by atoms with Crippen molar-refractivity contribution in [1.82, 2.24) is 14.8 Å². The van der Waals surface area contributed by atoms with E-state index in [0.717, 1.165) is 17.3 Å². The summed E-state index contributed by atoms with van der Waals surface area (Å²) in [5.74, 6) is 0.795. The molecule has 1 N–H and O–H groups in total. The lowest BCUT2D eigenvalue weighted by Crippen LogP contribution is -2.18. The van der Waals surface area contributed by atoms with Crippen molar-refractivity contribution >= 4 is 23.5 Å². The van der Waals surface area contributed by atoms with E-state index in [1.54, 1.807) is 35.2 Å². The van der Waals surface area contributed by atoms with Gasteiger partial charge in [-0.3, -0.25) is 4.57 Å². The molecule has 0 aliphatic heterocycles. The number of aromatic nitrogens is 3. The lowest BCUT2D eigenvalue weighted by atomic mass is 10.2. The molecule has 0 spiro atoms. The number of ether oxygens (including phenoxy) is 1. The van der Waals surface area contributed by atoms with Crippen molar-refractivity contribution in [2.45, 2.75) is 28.8 Å². The first-order valence-electron chi connectivity index (χ1n) is 6.64. The first-order chi connectivity index (χ1) is 10.2. The quantitative estimate of drug-likeness (QED) is 0.597. The second kappa shape index (κ2) is 8.31. The lowest BCUT2D eigenvalue weighted by molar-refractivity contribution is 0.189. The highest BCUT2D eigenvalue weighted by molar-refractivity contribution is 7.98. The van der Waals surface area contributed by atoms with Gasteiger partial charge in [0.2, 0.25) is 0 Å². The van der Waals surface area contributed by atoms with Gasteiger partial charge in [0.25, 0.3) is 0 Å². The Hall–Kier alpha value is -1.18. The predicted molar refractivity (Wildman–Crippen MR) is 87.1 cm³/mol. The molecule has 0 bridgehead atoms. The van der Waals surface area contributed by atoms with Gasteiger partial charge in [-0.05, 0) is 30.4 Å². The Kier molecular flexibility index (Phi) is 6.41. The number of aromatic amines is 1. The summed E-state index contributed by atoms with van der Waals surface area (Å²) in [4.78, 5) is 13.0. The Morgan fingerprint density at radius 2 is 2.10 bits per heavy atom. The molecule has 5 nitrogen and oxygen atoms in total. The van der Waals surface area contributed by atoms with Gasteiger partial charge in [-0.2, -0.15) is 0 Å². The normalized spacial score (nSPS) is 11.0. The molecule has 1 aromatic heterocycles. The number of rotatable bonds is 8. The van der Waals surface area contributed by atoms with Crippen molar-refractivity contribution in [3.63, 3.8) is 0 Å². The molecule has 21 heavy (non-hydrogen) atoms. The fourth-order valence-corrected chi connectivity index (χ4v) is 3.18. The molecule has 0 atom stereocenters. The molecule has 1 heterocycles. The van der Waals surface area contributed by atoms with Crippen molar-refractivity contribution in [1.29, 1.82) is 0 Å². The van der Waals surface area contributed by atoms with Gasteiger partial charge in [0, 0.05) is 30.9 Å². The fraction of sp³-hybridized carbons (Fsp3) is 0.429. The Labute approximate surface area is 132 Å². The number of nitrogens with one attached hydrogen (secondary N) is 1. The minimum absolute atomic E-state index is 0.161. The molecule has 0 saturated carbocycles. The molecule has 1 aromatic carbocycles. The van der Waals surface area contributed by atoms with Crippen LogP contribution in [0.25, 0.3) is 0 Å². The highest BCUT2D eigenvalue weighted by atomic mass is 32.2.